The fourth-order valence-corrected chi connectivity index (χ4v) is 3.81. The molecular weight excluding hydrogens is 340 g/mol. The largest absolute Gasteiger partial charge is 0.379 e. The standard InChI is InChI=1S/C21H22N4O2/c26-25(27)20-11-10-19(21-18(20)9-4-12-22-21)23-17-8-5-13-24(15-17)14-16-6-2-1-3-7-16/h1-4,6-7,9-12,17,23H,5,8,13-15H2. The number of nitro groups is 1. The Morgan fingerprint density at radius 2 is 2.00 bits per heavy atom. The number of pyridine rings is 1. The van der Waals surface area contributed by atoms with Crippen LogP contribution in [0.1, 0.15) is 18.4 Å². The molecule has 4 rings (SSSR count). The number of aromatic nitrogens is 1. The van der Waals surface area contributed by atoms with Crippen molar-refractivity contribution in [3.8, 4) is 0 Å². The lowest BCUT2D eigenvalue weighted by Crippen LogP contribution is -2.41. The number of benzene rings is 2. The van der Waals surface area contributed by atoms with E-state index in [0.29, 0.717) is 16.9 Å². The third kappa shape index (κ3) is 3.90. The van der Waals surface area contributed by atoms with E-state index in [-0.39, 0.29) is 10.6 Å². The van der Waals surface area contributed by atoms with Gasteiger partial charge < -0.3 is 5.32 Å². The minimum absolute atomic E-state index is 0.0954. The summed E-state index contributed by atoms with van der Waals surface area (Å²) in [4.78, 5) is 17.8. The Kier molecular flexibility index (Phi) is 4.98. The first-order valence-electron chi connectivity index (χ1n) is 9.25. The van der Waals surface area contributed by atoms with Crippen LogP contribution in [0.5, 0.6) is 0 Å². The summed E-state index contributed by atoms with van der Waals surface area (Å²) < 4.78 is 0. The summed E-state index contributed by atoms with van der Waals surface area (Å²) in [5.74, 6) is 0. The average Bonchev–Trinajstić information content (AvgIpc) is 2.69. The SMILES string of the molecule is O=[N+]([O-])c1ccc(NC2CCCN(Cc3ccccc3)C2)c2ncccc12. The Bertz CT molecular complexity index is 945. The molecule has 1 unspecified atom stereocenters. The summed E-state index contributed by atoms with van der Waals surface area (Å²) in [5, 5.41) is 15.4. The van der Waals surface area contributed by atoms with E-state index < -0.39 is 0 Å². The number of likely N-dealkylation sites (tertiary alicyclic amines) is 1. The van der Waals surface area contributed by atoms with Crippen LogP contribution in [-0.2, 0) is 6.54 Å². The van der Waals surface area contributed by atoms with Crippen LogP contribution in [0.3, 0.4) is 0 Å². The van der Waals surface area contributed by atoms with Crippen molar-refractivity contribution in [1.29, 1.82) is 0 Å². The number of nitrogens with zero attached hydrogens (tertiary/aromatic N) is 3. The molecular formula is C21H22N4O2. The Morgan fingerprint density at radius 3 is 2.81 bits per heavy atom. The monoisotopic (exact) mass is 362 g/mol. The molecule has 1 saturated heterocycles. The molecule has 0 amide bonds. The Balaban J connectivity index is 1.52. The third-order valence-corrected chi connectivity index (χ3v) is 5.06. The number of nitrogens with one attached hydrogen (secondary N) is 1. The van der Waals surface area contributed by atoms with E-state index in [0.717, 1.165) is 38.2 Å². The molecule has 1 N–H and O–H groups in total. The lowest BCUT2D eigenvalue weighted by molar-refractivity contribution is -0.383. The van der Waals surface area contributed by atoms with Gasteiger partial charge in [0, 0.05) is 31.4 Å². The van der Waals surface area contributed by atoms with Crippen molar-refractivity contribution in [2.75, 3.05) is 18.4 Å². The van der Waals surface area contributed by atoms with Crippen LogP contribution in [-0.4, -0.2) is 33.9 Å². The van der Waals surface area contributed by atoms with Crippen molar-refractivity contribution in [2.24, 2.45) is 0 Å². The Morgan fingerprint density at radius 1 is 1.15 bits per heavy atom. The first-order chi connectivity index (χ1) is 13.2. The number of rotatable bonds is 5. The molecule has 6 heteroatoms. The maximum absolute atomic E-state index is 11.3. The second-order valence-corrected chi connectivity index (χ2v) is 6.99. The van der Waals surface area contributed by atoms with Gasteiger partial charge in [0.25, 0.3) is 5.69 Å². The van der Waals surface area contributed by atoms with E-state index in [2.05, 4.69) is 39.5 Å². The van der Waals surface area contributed by atoms with Gasteiger partial charge in [-0.2, -0.15) is 0 Å². The van der Waals surface area contributed by atoms with Crippen molar-refractivity contribution in [3.05, 3.63) is 76.5 Å². The topological polar surface area (TPSA) is 71.3 Å². The molecule has 1 fully saturated rings. The smallest absolute Gasteiger partial charge is 0.278 e. The molecule has 0 bridgehead atoms. The van der Waals surface area contributed by atoms with Gasteiger partial charge in [-0.05, 0) is 43.1 Å². The second kappa shape index (κ2) is 7.72. The van der Waals surface area contributed by atoms with Gasteiger partial charge in [0.2, 0.25) is 0 Å². The third-order valence-electron chi connectivity index (χ3n) is 5.06. The average molecular weight is 362 g/mol. The molecule has 1 atom stereocenters. The molecule has 1 aromatic heterocycles. The zero-order chi connectivity index (χ0) is 18.6. The first-order valence-corrected chi connectivity index (χ1v) is 9.25. The van der Waals surface area contributed by atoms with Crippen molar-refractivity contribution in [2.45, 2.75) is 25.4 Å². The van der Waals surface area contributed by atoms with Crippen LogP contribution < -0.4 is 5.32 Å². The predicted molar refractivity (Wildman–Crippen MR) is 107 cm³/mol. The number of nitro benzene ring substituents is 1. The summed E-state index contributed by atoms with van der Waals surface area (Å²) in [5.41, 5.74) is 2.94. The highest BCUT2D eigenvalue weighted by Gasteiger charge is 2.22. The van der Waals surface area contributed by atoms with Crippen molar-refractivity contribution < 1.29 is 4.92 Å². The molecule has 0 spiro atoms. The molecule has 1 aliphatic rings. The number of piperidine rings is 1. The minimum Gasteiger partial charge on any atom is -0.379 e. The van der Waals surface area contributed by atoms with Gasteiger partial charge in [0.15, 0.2) is 0 Å². The number of anilines is 1. The highest BCUT2D eigenvalue weighted by Crippen LogP contribution is 2.31. The maximum Gasteiger partial charge on any atom is 0.278 e. The maximum atomic E-state index is 11.3. The normalized spacial score (nSPS) is 17.7. The van der Waals surface area contributed by atoms with Crippen LogP contribution in [0.4, 0.5) is 11.4 Å². The molecule has 2 heterocycles. The van der Waals surface area contributed by atoms with Crippen LogP contribution >= 0.6 is 0 Å². The molecule has 138 valence electrons. The number of hydrogen-bond acceptors (Lipinski definition) is 5. The molecule has 0 saturated carbocycles. The second-order valence-electron chi connectivity index (χ2n) is 6.99. The molecule has 2 aromatic carbocycles. The Hall–Kier alpha value is -2.99. The molecule has 0 radical (unpaired) electrons. The van der Waals surface area contributed by atoms with Gasteiger partial charge in [0.1, 0.15) is 5.52 Å². The van der Waals surface area contributed by atoms with E-state index in [1.807, 2.05) is 6.07 Å². The Labute approximate surface area is 158 Å². The fraction of sp³-hybridized carbons (Fsp3) is 0.286. The van der Waals surface area contributed by atoms with Crippen molar-refractivity contribution in [1.82, 2.24) is 9.88 Å². The molecule has 3 aromatic rings. The van der Waals surface area contributed by atoms with Gasteiger partial charge >= 0.3 is 0 Å². The molecule has 0 aliphatic carbocycles. The van der Waals surface area contributed by atoms with Crippen molar-refractivity contribution >= 4 is 22.3 Å². The van der Waals surface area contributed by atoms with E-state index in [4.69, 9.17) is 0 Å². The van der Waals surface area contributed by atoms with Crippen LogP contribution in [0.15, 0.2) is 60.8 Å². The van der Waals surface area contributed by atoms with Gasteiger partial charge in [-0.15, -0.1) is 0 Å². The first kappa shape index (κ1) is 17.4. The summed E-state index contributed by atoms with van der Waals surface area (Å²) >= 11 is 0. The van der Waals surface area contributed by atoms with E-state index in [1.54, 1.807) is 30.5 Å². The van der Waals surface area contributed by atoms with Crippen molar-refractivity contribution in [3.63, 3.8) is 0 Å². The fourth-order valence-electron chi connectivity index (χ4n) is 3.81. The quantitative estimate of drug-likeness (QED) is 0.543. The molecule has 1 aliphatic heterocycles. The lowest BCUT2D eigenvalue weighted by Gasteiger charge is -2.33. The van der Waals surface area contributed by atoms with E-state index in [9.17, 15) is 10.1 Å². The zero-order valence-electron chi connectivity index (χ0n) is 15.0. The highest BCUT2D eigenvalue weighted by atomic mass is 16.6. The summed E-state index contributed by atoms with van der Waals surface area (Å²) in [6, 6.07) is 17.6. The van der Waals surface area contributed by atoms with Gasteiger partial charge in [0.05, 0.1) is 16.0 Å². The van der Waals surface area contributed by atoms with Crippen LogP contribution in [0.2, 0.25) is 0 Å². The minimum atomic E-state index is -0.351. The predicted octanol–water partition coefficient (Wildman–Crippen LogP) is 4.22. The zero-order valence-corrected chi connectivity index (χ0v) is 15.0. The van der Waals surface area contributed by atoms with E-state index in [1.165, 1.54) is 5.56 Å². The van der Waals surface area contributed by atoms with Gasteiger partial charge in [-0.1, -0.05) is 30.3 Å². The van der Waals surface area contributed by atoms with Crippen LogP contribution in [0, 0.1) is 10.1 Å². The van der Waals surface area contributed by atoms with Gasteiger partial charge in [-0.25, -0.2) is 0 Å². The van der Waals surface area contributed by atoms with E-state index >= 15 is 0 Å². The summed E-state index contributed by atoms with van der Waals surface area (Å²) in [6.45, 7) is 2.98. The number of hydrogen-bond donors (Lipinski definition) is 1. The molecule has 6 nitrogen and oxygen atoms in total. The summed E-state index contributed by atoms with van der Waals surface area (Å²) in [6.07, 6.45) is 3.89. The molecule has 27 heavy (non-hydrogen) atoms. The summed E-state index contributed by atoms with van der Waals surface area (Å²) in [7, 11) is 0. The van der Waals surface area contributed by atoms with Gasteiger partial charge in [-0.3, -0.25) is 20.0 Å². The lowest BCUT2D eigenvalue weighted by atomic mass is 10.0. The number of non-ortho nitro benzene ring substituents is 1. The van der Waals surface area contributed by atoms with Crippen LogP contribution in [0.25, 0.3) is 10.9 Å². The highest BCUT2D eigenvalue weighted by molar-refractivity contribution is 5.96. The number of fused-ring (bicyclic) bond motifs is 1.